The molecule has 0 bridgehead atoms. The number of rotatable bonds is 5. The van der Waals surface area contributed by atoms with Gasteiger partial charge in [-0.3, -0.25) is 14.6 Å². The van der Waals surface area contributed by atoms with Gasteiger partial charge in [-0.05, 0) is 62.4 Å². The van der Waals surface area contributed by atoms with Crippen molar-refractivity contribution < 1.29 is 14.3 Å². The molecule has 4 aromatic rings. The second kappa shape index (κ2) is 8.99. The number of pyridine rings is 1. The van der Waals surface area contributed by atoms with E-state index in [0.29, 0.717) is 28.3 Å². The number of halogens is 2. The second-order valence-corrected chi connectivity index (χ2v) is 8.02. The van der Waals surface area contributed by atoms with Gasteiger partial charge in [-0.2, -0.15) is 0 Å². The van der Waals surface area contributed by atoms with E-state index in [1.54, 1.807) is 60.8 Å². The summed E-state index contributed by atoms with van der Waals surface area (Å²) in [5.41, 5.74) is 2.69. The van der Waals surface area contributed by atoms with Crippen LogP contribution in [0.25, 0.3) is 10.9 Å². The van der Waals surface area contributed by atoms with Crippen LogP contribution in [-0.2, 0) is 0 Å². The van der Waals surface area contributed by atoms with Gasteiger partial charge in [0.05, 0.1) is 26.8 Å². The Labute approximate surface area is 194 Å². The highest BCUT2D eigenvalue weighted by Gasteiger charge is 2.17. The Morgan fingerprint density at radius 3 is 2.25 bits per heavy atom. The topological polar surface area (TPSA) is 68.3 Å². The first kappa shape index (κ1) is 21.8. The summed E-state index contributed by atoms with van der Waals surface area (Å²) in [7, 11) is 0. The number of ether oxygens (including phenoxy) is 1. The highest BCUT2D eigenvalue weighted by atomic mass is 35.5. The quantitative estimate of drug-likeness (QED) is 0.319. The molecule has 7 heteroatoms. The maximum atomic E-state index is 12.9. The van der Waals surface area contributed by atoms with Crippen molar-refractivity contribution in [2.75, 3.05) is 5.32 Å². The lowest BCUT2D eigenvalue weighted by Crippen LogP contribution is -2.13. The fourth-order valence-electron chi connectivity index (χ4n) is 3.31. The van der Waals surface area contributed by atoms with Crippen molar-refractivity contribution >= 4 is 51.5 Å². The van der Waals surface area contributed by atoms with Crippen LogP contribution in [0.3, 0.4) is 0 Å². The van der Waals surface area contributed by atoms with Gasteiger partial charge in [-0.1, -0.05) is 35.3 Å². The summed E-state index contributed by atoms with van der Waals surface area (Å²) in [5, 5.41) is 4.10. The number of aryl methyl sites for hydroxylation is 1. The van der Waals surface area contributed by atoms with E-state index in [2.05, 4.69) is 10.3 Å². The zero-order valence-electron chi connectivity index (χ0n) is 17.3. The average molecular weight is 465 g/mol. The predicted octanol–water partition coefficient (Wildman–Crippen LogP) is 7.10. The molecule has 0 aliphatic rings. The molecular formula is C25H18Cl2N2O3. The Hall–Kier alpha value is -3.41. The maximum absolute atomic E-state index is 12.9. The van der Waals surface area contributed by atoms with Crippen LogP contribution in [0, 0.1) is 6.92 Å². The van der Waals surface area contributed by atoms with Gasteiger partial charge in [0.1, 0.15) is 11.5 Å². The van der Waals surface area contributed by atoms with Crippen molar-refractivity contribution in [3.63, 3.8) is 0 Å². The number of fused-ring (bicyclic) bond motifs is 1. The number of carbonyl (C=O) groups is 2. The molecule has 0 aliphatic carbocycles. The lowest BCUT2D eigenvalue weighted by atomic mass is 10.1. The predicted molar refractivity (Wildman–Crippen MR) is 127 cm³/mol. The number of nitrogens with one attached hydrogen (secondary N) is 1. The van der Waals surface area contributed by atoms with E-state index in [1.807, 2.05) is 13.0 Å². The Morgan fingerprint density at radius 1 is 0.938 bits per heavy atom. The van der Waals surface area contributed by atoms with Gasteiger partial charge < -0.3 is 10.1 Å². The Kier molecular flexibility index (Phi) is 6.12. The van der Waals surface area contributed by atoms with E-state index in [4.69, 9.17) is 27.9 Å². The Bertz CT molecular complexity index is 1330. The molecule has 32 heavy (non-hydrogen) atoms. The third kappa shape index (κ3) is 4.31. The zero-order valence-corrected chi connectivity index (χ0v) is 18.8. The SMILES string of the molecule is CC(=O)c1ccc(Oc2c(C)cnc3c(NC(=O)c4c(Cl)cccc4Cl)cccc23)cc1. The highest BCUT2D eigenvalue weighted by molar-refractivity contribution is 6.40. The van der Waals surface area contributed by atoms with Gasteiger partial charge >= 0.3 is 0 Å². The molecule has 160 valence electrons. The van der Waals surface area contributed by atoms with Gasteiger partial charge in [-0.25, -0.2) is 0 Å². The Balaban J connectivity index is 1.71. The van der Waals surface area contributed by atoms with Gasteiger partial charge in [0, 0.05) is 22.7 Å². The van der Waals surface area contributed by atoms with Gasteiger partial charge in [-0.15, -0.1) is 0 Å². The summed E-state index contributed by atoms with van der Waals surface area (Å²) in [4.78, 5) is 28.9. The molecule has 0 unspecified atom stereocenters. The molecule has 0 radical (unpaired) electrons. The summed E-state index contributed by atoms with van der Waals surface area (Å²) in [6.45, 7) is 3.41. The van der Waals surface area contributed by atoms with E-state index in [-0.39, 0.29) is 21.4 Å². The number of hydrogen-bond acceptors (Lipinski definition) is 4. The smallest absolute Gasteiger partial charge is 0.258 e. The zero-order chi connectivity index (χ0) is 22.8. The fourth-order valence-corrected chi connectivity index (χ4v) is 3.88. The molecule has 0 aliphatic heterocycles. The number of para-hydroxylation sites is 1. The van der Waals surface area contributed by atoms with Crippen LogP contribution in [-0.4, -0.2) is 16.7 Å². The van der Waals surface area contributed by atoms with Gasteiger partial charge in [0.15, 0.2) is 5.78 Å². The number of ketones is 1. The van der Waals surface area contributed by atoms with E-state index in [9.17, 15) is 9.59 Å². The summed E-state index contributed by atoms with van der Waals surface area (Å²) >= 11 is 12.3. The number of anilines is 1. The van der Waals surface area contributed by atoms with Crippen LogP contribution in [0.5, 0.6) is 11.5 Å². The average Bonchev–Trinajstić information content (AvgIpc) is 2.76. The molecule has 3 aromatic carbocycles. The molecule has 0 saturated carbocycles. The molecule has 1 amide bonds. The Morgan fingerprint density at radius 2 is 1.59 bits per heavy atom. The lowest BCUT2D eigenvalue weighted by molar-refractivity contribution is 0.101. The van der Waals surface area contributed by atoms with Gasteiger partial charge in [0.25, 0.3) is 5.91 Å². The number of benzene rings is 3. The summed E-state index contributed by atoms with van der Waals surface area (Å²) in [5.74, 6) is 0.749. The molecule has 4 rings (SSSR count). The van der Waals surface area contributed by atoms with Crippen molar-refractivity contribution in [2.45, 2.75) is 13.8 Å². The number of aromatic nitrogens is 1. The third-order valence-electron chi connectivity index (χ3n) is 4.94. The third-order valence-corrected chi connectivity index (χ3v) is 5.57. The minimum atomic E-state index is -0.433. The second-order valence-electron chi connectivity index (χ2n) is 7.21. The monoisotopic (exact) mass is 464 g/mol. The number of Topliss-reactive ketones (excluding diaryl/α,β-unsaturated/α-hetero) is 1. The van der Waals surface area contributed by atoms with Crippen LogP contribution < -0.4 is 10.1 Å². The molecule has 0 spiro atoms. The van der Waals surface area contributed by atoms with Crippen molar-refractivity contribution in [3.05, 3.63) is 93.6 Å². The largest absolute Gasteiger partial charge is 0.456 e. The van der Waals surface area contributed by atoms with E-state index in [1.165, 1.54) is 6.92 Å². The van der Waals surface area contributed by atoms with Crippen molar-refractivity contribution in [1.29, 1.82) is 0 Å². The molecule has 1 heterocycles. The summed E-state index contributed by atoms with van der Waals surface area (Å²) < 4.78 is 6.13. The molecule has 0 atom stereocenters. The molecule has 0 fully saturated rings. The summed E-state index contributed by atoms with van der Waals surface area (Å²) in [6.07, 6.45) is 1.68. The van der Waals surface area contributed by atoms with Crippen LogP contribution in [0.1, 0.15) is 33.2 Å². The highest BCUT2D eigenvalue weighted by Crippen LogP contribution is 2.35. The number of nitrogens with zero attached hydrogens (tertiary/aromatic N) is 1. The van der Waals surface area contributed by atoms with Crippen molar-refractivity contribution in [1.82, 2.24) is 4.98 Å². The van der Waals surface area contributed by atoms with Crippen LogP contribution in [0.2, 0.25) is 10.0 Å². The molecule has 1 aromatic heterocycles. The first-order valence-electron chi connectivity index (χ1n) is 9.77. The van der Waals surface area contributed by atoms with Gasteiger partial charge in [0.2, 0.25) is 0 Å². The normalized spacial score (nSPS) is 10.8. The first-order valence-corrected chi connectivity index (χ1v) is 10.5. The lowest BCUT2D eigenvalue weighted by Gasteiger charge is -2.15. The molecule has 0 saturated heterocycles. The first-order chi connectivity index (χ1) is 15.3. The van der Waals surface area contributed by atoms with E-state index in [0.717, 1.165) is 10.9 Å². The fraction of sp³-hybridized carbons (Fsp3) is 0.0800. The minimum absolute atomic E-state index is 0.0129. The van der Waals surface area contributed by atoms with E-state index < -0.39 is 5.91 Å². The van der Waals surface area contributed by atoms with Crippen LogP contribution in [0.4, 0.5) is 5.69 Å². The summed E-state index contributed by atoms with van der Waals surface area (Å²) in [6, 6.07) is 17.2. The number of amides is 1. The molecule has 1 N–H and O–H groups in total. The van der Waals surface area contributed by atoms with Crippen LogP contribution >= 0.6 is 23.2 Å². The van der Waals surface area contributed by atoms with Crippen LogP contribution in [0.15, 0.2) is 66.9 Å². The van der Waals surface area contributed by atoms with Crippen molar-refractivity contribution in [3.8, 4) is 11.5 Å². The maximum Gasteiger partial charge on any atom is 0.258 e. The number of carbonyl (C=O) groups excluding carboxylic acids is 2. The number of hydrogen-bond donors (Lipinski definition) is 1. The minimum Gasteiger partial charge on any atom is -0.456 e. The van der Waals surface area contributed by atoms with E-state index >= 15 is 0 Å². The standard InChI is InChI=1S/C25H18Cl2N2O3/c1-14-13-28-23-18(24(14)32-17-11-9-16(10-12-17)15(2)30)5-3-8-21(23)29-25(31)22-19(26)6-4-7-20(22)27/h3-13H,1-2H3,(H,29,31). The molecular weight excluding hydrogens is 447 g/mol. The molecule has 5 nitrogen and oxygen atoms in total. The van der Waals surface area contributed by atoms with Crippen molar-refractivity contribution in [2.24, 2.45) is 0 Å².